The second kappa shape index (κ2) is 10.4. The summed E-state index contributed by atoms with van der Waals surface area (Å²) < 4.78 is 10.9. The fourth-order valence-corrected chi connectivity index (χ4v) is 3.68. The number of morpholine rings is 1. The Morgan fingerprint density at radius 2 is 1.96 bits per heavy atom. The molecule has 0 saturated carbocycles. The Morgan fingerprint density at radius 3 is 2.52 bits per heavy atom. The highest BCUT2D eigenvalue weighted by atomic mass is 35.5. The SMILES string of the molecule is COc1ccc(N2CCN(C(=O)CC3CNCCO3)CC2(C)C)cc1.Cl.Cl. The number of hydrogen-bond acceptors (Lipinski definition) is 5. The van der Waals surface area contributed by atoms with E-state index in [1.807, 2.05) is 17.0 Å². The molecule has 0 spiro atoms. The Bertz CT molecular complexity index is 592. The molecule has 1 amide bonds. The Hall–Kier alpha value is -1.21. The standard InChI is InChI=1S/C19H29N3O3.2ClH/c1-19(2)14-21(18(23)12-17-13-20-8-11-25-17)9-10-22(19)15-4-6-16(24-3)7-5-15;;/h4-7,17,20H,8-14H2,1-3H3;2*1H. The second-order valence-electron chi connectivity index (χ2n) is 7.38. The number of halogens is 2. The lowest BCUT2D eigenvalue weighted by atomic mass is 9.97. The first kappa shape index (κ1) is 23.8. The lowest BCUT2D eigenvalue weighted by Gasteiger charge is -2.48. The van der Waals surface area contributed by atoms with Crippen LogP contribution in [0.1, 0.15) is 20.3 Å². The third-order valence-electron chi connectivity index (χ3n) is 5.05. The van der Waals surface area contributed by atoms with Crippen LogP contribution in [-0.2, 0) is 9.53 Å². The Kier molecular flexibility index (Phi) is 9.15. The molecule has 1 unspecified atom stereocenters. The molecular weight excluding hydrogens is 389 g/mol. The van der Waals surface area contributed by atoms with Crippen LogP contribution in [0.4, 0.5) is 5.69 Å². The number of methoxy groups -OCH3 is 1. The van der Waals surface area contributed by atoms with E-state index < -0.39 is 0 Å². The van der Waals surface area contributed by atoms with Gasteiger partial charge in [-0.2, -0.15) is 0 Å². The molecule has 2 heterocycles. The van der Waals surface area contributed by atoms with E-state index in [1.54, 1.807) is 7.11 Å². The molecule has 1 N–H and O–H groups in total. The van der Waals surface area contributed by atoms with Gasteiger partial charge in [0.05, 0.1) is 31.8 Å². The van der Waals surface area contributed by atoms with Gasteiger partial charge in [0.15, 0.2) is 0 Å². The van der Waals surface area contributed by atoms with E-state index in [2.05, 4.69) is 36.2 Å². The van der Waals surface area contributed by atoms with E-state index >= 15 is 0 Å². The minimum atomic E-state index is -0.117. The van der Waals surface area contributed by atoms with Crippen LogP contribution in [0.25, 0.3) is 0 Å². The highest BCUT2D eigenvalue weighted by Gasteiger charge is 2.36. The fraction of sp³-hybridized carbons (Fsp3) is 0.632. The summed E-state index contributed by atoms with van der Waals surface area (Å²) in [5, 5.41) is 3.28. The number of hydrogen-bond donors (Lipinski definition) is 1. The number of piperazine rings is 1. The number of carbonyl (C=O) groups is 1. The molecule has 1 atom stereocenters. The van der Waals surface area contributed by atoms with E-state index in [0.29, 0.717) is 13.0 Å². The first-order chi connectivity index (χ1) is 12.0. The summed E-state index contributed by atoms with van der Waals surface area (Å²) in [7, 11) is 1.68. The predicted octanol–water partition coefficient (Wildman–Crippen LogP) is 2.34. The van der Waals surface area contributed by atoms with Gasteiger partial charge in [-0.05, 0) is 38.1 Å². The maximum atomic E-state index is 12.7. The normalized spacial score (nSPS) is 21.7. The maximum Gasteiger partial charge on any atom is 0.225 e. The van der Waals surface area contributed by atoms with Gasteiger partial charge in [-0.25, -0.2) is 0 Å². The van der Waals surface area contributed by atoms with Crippen LogP contribution in [0.2, 0.25) is 0 Å². The number of benzene rings is 1. The van der Waals surface area contributed by atoms with Gasteiger partial charge in [-0.1, -0.05) is 0 Å². The first-order valence-electron chi connectivity index (χ1n) is 9.01. The number of amides is 1. The zero-order valence-electron chi connectivity index (χ0n) is 16.3. The zero-order chi connectivity index (χ0) is 17.9. The van der Waals surface area contributed by atoms with Crippen LogP contribution in [0, 0.1) is 0 Å². The van der Waals surface area contributed by atoms with Crippen LogP contribution >= 0.6 is 24.8 Å². The first-order valence-corrected chi connectivity index (χ1v) is 9.01. The largest absolute Gasteiger partial charge is 0.497 e. The number of nitrogens with one attached hydrogen (secondary N) is 1. The lowest BCUT2D eigenvalue weighted by Crippen LogP contribution is -2.61. The quantitative estimate of drug-likeness (QED) is 0.811. The smallest absolute Gasteiger partial charge is 0.225 e. The Morgan fingerprint density at radius 1 is 1.26 bits per heavy atom. The predicted molar refractivity (Wildman–Crippen MR) is 113 cm³/mol. The van der Waals surface area contributed by atoms with Gasteiger partial charge in [-0.15, -0.1) is 24.8 Å². The average Bonchev–Trinajstić information content (AvgIpc) is 2.62. The van der Waals surface area contributed by atoms with Crippen LogP contribution in [0.3, 0.4) is 0 Å². The van der Waals surface area contributed by atoms with E-state index in [4.69, 9.17) is 9.47 Å². The molecule has 2 aliphatic heterocycles. The van der Waals surface area contributed by atoms with Gasteiger partial charge in [-0.3, -0.25) is 4.79 Å². The molecule has 0 aromatic heterocycles. The highest BCUT2D eigenvalue weighted by Crippen LogP contribution is 2.29. The number of ether oxygens (including phenoxy) is 2. The third-order valence-corrected chi connectivity index (χ3v) is 5.05. The van der Waals surface area contributed by atoms with Crippen LogP contribution in [0.5, 0.6) is 5.75 Å². The van der Waals surface area contributed by atoms with Gasteiger partial charge >= 0.3 is 0 Å². The van der Waals surface area contributed by atoms with Gasteiger partial charge in [0.2, 0.25) is 5.91 Å². The molecule has 1 aromatic carbocycles. The van der Waals surface area contributed by atoms with Gasteiger partial charge in [0, 0.05) is 38.4 Å². The minimum absolute atomic E-state index is 0. The van der Waals surface area contributed by atoms with Crippen molar-refractivity contribution in [1.82, 2.24) is 10.2 Å². The summed E-state index contributed by atoms with van der Waals surface area (Å²) in [6.45, 7) is 9.00. The average molecular weight is 420 g/mol. The maximum absolute atomic E-state index is 12.7. The van der Waals surface area contributed by atoms with Crippen molar-refractivity contribution in [2.24, 2.45) is 0 Å². The fourth-order valence-electron chi connectivity index (χ4n) is 3.68. The number of carbonyl (C=O) groups excluding carboxylic acids is 1. The zero-order valence-corrected chi connectivity index (χ0v) is 17.9. The van der Waals surface area contributed by atoms with Gasteiger partial charge in [0.25, 0.3) is 0 Å². The topological polar surface area (TPSA) is 54.0 Å². The van der Waals surface area contributed by atoms with E-state index in [9.17, 15) is 4.79 Å². The van der Waals surface area contributed by atoms with Crippen LogP contribution < -0.4 is 15.0 Å². The van der Waals surface area contributed by atoms with Crippen LogP contribution in [-0.4, -0.2) is 68.9 Å². The van der Waals surface area contributed by atoms with E-state index in [0.717, 1.165) is 44.2 Å². The molecule has 1 aromatic rings. The summed E-state index contributed by atoms with van der Waals surface area (Å²) >= 11 is 0. The molecule has 2 fully saturated rings. The Balaban J connectivity index is 0.00000182. The molecule has 0 bridgehead atoms. The summed E-state index contributed by atoms with van der Waals surface area (Å²) in [5.41, 5.74) is 1.05. The second-order valence-corrected chi connectivity index (χ2v) is 7.38. The van der Waals surface area contributed by atoms with Gasteiger partial charge in [0.1, 0.15) is 5.75 Å². The van der Waals surface area contributed by atoms with Crippen molar-refractivity contribution in [3.8, 4) is 5.75 Å². The molecule has 6 nitrogen and oxygen atoms in total. The molecule has 3 rings (SSSR count). The van der Waals surface area contributed by atoms with Crippen molar-refractivity contribution in [2.75, 3.05) is 51.3 Å². The molecule has 0 aliphatic carbocycles. The van der Waals surface area contributed by atoms with Crippen molar-refractivity contribution in [3.63, 3.8) is 0 Å². The summed E-state index contributed by atoms with van der Waals surface area (Å²) in [6.07, 6.45) is 0.468. The van der Waals surface area contributed by atoms with Gasteiger partial charge < -0.3 is 24.6 Å². The number of anilines is 1. The van der Waals surface area contributed by atoms with Crippen molar-refractivity contribution >= 4 is 36.4 Å². The number of rotatable bonds is 4. The van der Waals surface area contributed by atoms with Crippen molar-refractivity contribution in [1.29, 1.82) is 0 Å². The summed E-state index contributed by atoms with van der Waals surface area (Å²) in [4.78, 5) is 17.0. The monoisotopic (exact) mass is 419 g/mol. The lowest BCUT2D eigenvalue weighted by molar-refractivity contribution is -0.136. The van der Waals surface area contributed by atoms with Crippen molar-refractivity contribution < 1.29 is 14.3 Å². The van der Waals surface area contributed by atoms with Crippen LogP contribution in [0.15, 0.2) is 24.3 Å². The van der Waals surface area contributed by atoms with E-state index in [1.165, 1.54) is 0 Å². The highest BCUT2D eigenvalue weighted by molar-refractivity contribution is 5.85. The molecule has 154 valence electrons. The molecular formula is C19H31Cl2N3O3. The Labute approximate surface area is 174 Å². The van der Waals surface area contributed by atoms with Crippen molar-refractivity contribution in [3.05, 3.63) is 24.3 Å². The molecule has 8 heteroatoms. The number of nitrogens with zero attached hydrogens (tertiary/aromatic N) is 2. The molecule has 2 aliphatic rings. The minimum Gasteiger partial charge on any atom is -0.497 e. The molecule has 27 heavy (non-hydrogen) atoms. The summed E-state index contributed by atoms with van der Waals surface area (Å²) in [6, 6.07) is 8.13. The molecule has 0 radical (unpaired) electrons. The summed E-state index contributed by atoms with van der Waals surface area (Å²) in [5.74, 6) is 1.05. The third kappa shape index (κ3) is 5.88. The van der Waals surface area contributed by atoms with Crippen molar-refractivity contribution in [2.45, 2.75) is 31.9 Å². The molecule has 2 saturated heterocycles. The van der Waals surface area contributed by atoms with E-state index in [-0.39, 0.29) is 42.4 Å².